The predicted molar refractivity (Wildman–Crippen MR) is 116 cm³/mol. The van der Waals surface area contributed by atoms with E-state index in [9.17, 15) is 39.2 Å². The van der Waals surface area contributed by atoms with Gasteiger partial charge in [0.05, 0.1) is 16.3 Å². The lowest BCUT2D eigenvalue weighted by Crippen LogP contribution is -2.34. The summed E-state index contributed by atoms with van der Waals surface area (Å²) in [4.78, 5) is -0.344. The number of aromatic nitrogens is 2. The van der Waals surface area contributed by atoms with Crippen molar-refractivity contribution in [3.63, 3.8) is 0 Å². The highest BCUT2D eigenvalue weighted by Gasteiger charge is 2.62. The number of benzene rings is 3. The van der Waals surface area contributed by atoms with E-state index in [4.69, 9.17) is 5.14 Å². The van der Waals surface area contributed by atoms with Crippen molar-refractivity contribution in [2.75, 3.05) is 0 Å². The molecule has 0 saturated carbocycles. The maximum Gasteiger partial charge on any atom is 0.459 e. The van der Waals surface area contributed by atoms with Crippen LogP contribution >= 0.6 is 0 Å². The van der Waals surface area contributed by atoms with E-state index < -0.39 is 45.0 Å². The third-order valence-electron chi connectivity index (χ3n) is 5.20. The average molecular weight is 529 g/mol. The molecule has 0 saturated heterocycles. The number of alkyl halides is 5. The lowest BCUT2D eigenvalue weighted by Gasteiger charge is -2.19. The molecule has 5 nitrogen and oxygen atoms in total. The van der Waals surface area contributed by atoms with Crippen LogP contribution in [0.4, 0.5) is 30.7 Å². The molecule has 3 aromatic carbocycles. The van der Waals surface area contributed by atoms with Crippen molar-refractivity contribution < 1.29 is 39.2 Å². The normalized spacial score (nSPS) is 12.7. The van der Waals surface area contributed by atoms with Crippen LogP contribution in [0, 0.1) is 11.6 Å². The highest BCUT2D eigenvalue weighted by molar-refractivity contribution is 7.89. The van der Waals surface area contributed by atoms with Gasteiger partial charge in [0.25, 0.3) is 0 Å². The molecule has 0 fully saturated rings. The van der Waals surface area contributed by atoms with Gasteiger partial charge >= 0.3 is 12.1 Å². The summed E-state index contributed by atoms with van der Waals surface area (Å²) in [6.07, 6.45) is -6.04. The van der Waals surface area contributed by atoms with Gasteiger partial charge in [-0.15, -0.1) is 0 Å². The third kappa shape index (κ3) is 4.58. The number of sulfonamides is 1. The van der Waals surface area contributed by atoms with E-state index in [1.807, 2.05) is 0 Å². The monoisotopic (exact) mass is 529 g/mol. The Morgan fingerprint density at radius 2 is 1.19 bits per heavy atom. The van der Waals surface area contributed by atoms with Crippen LogP contribution in [0.5, 0.6) is 0 Å². The molecule has 4 rings (SSSR count). The van der Waals surface area contributed by atoms with Crippen molar-refractivity contribution in [3.05, 3.63) is 90.1 Å². The van der Waals surface area contributed by atoms with Gasteiger partial charge in [-0.25, -0.2) is 27.0 Å². The molecule has 188 valence electrons. The summed E-state index contributed by atoms with van der Waals surface area (Å²) in [5, 5.41) is 8.67. The Bertz CT molecular complexity index is 1510. The van der Waals surface area contributed by atoms with Crippen LogP contribution in [0.25, 0.3) is 28.1 Å². The maximum absolute atomic E-state index is 14.8. The molecule has 0 bridgehead atoms. The van der Waals surface area contributed by atoms with Gasteiger partial charge in [-0.05, 0) is 54.1 Å². The van der Waals surface area contributed by atoms with Crippen molar-refractivity contribution >= 4 is 10.0 Å². The Balaban J connectivity index is 2.12. The minimum absolute atomic E-state index is 0.0252. The molecule has 36 heavy (non-hydrogen) atoms. The largest absolute Gasteiger partial charge is 0.459 e. The first kappa shape index (κ1) is 25.4. The fraction of sp³-hybridized carbons (Fsp3) is 0.0870. The van der Waals surface area contributed by atoms with Crippen molar-refractivity contribution in [1.29, 1.82) is 0 Å². The number of rotatable bonds is 5. The predicted octanol–water partition coefficient (Wildman–Crippen LogP) is 5.79. The molecule has 0 aliphatic rings. The van der Waals surface area contributed by atoms with Gasteiger partial charge in [-0.1, -0.05) is 24.3 Å². The van der Waals surface area contributed by atoms with Crippen LogP contribution in [0.3, 0.4) is 0 Å². The second-order valence-corrected chi connectivity index (χ2v) is 9.17. The molecule has 4 aromatic rings. The Morgan fingerprint density at radius 3 is 1.67 bits per heavy atom. The average Bonchev–Trinajstić information content (AvgIpc) is 3.20. The highest BCUT2D eigenvalue weighted by atomic mass is 32.2. The van der Waals surface area contributed by atoms with Crippen LogP contribution in [0.1, 0.15) is 5.69 Å². The van der Waals surface area contributed by atoms with Crippen LogP contribution in [0.2, 0.25) is 0 Å². The minimum atomic E-state index is -6.04. The van der Waals surface area contributed by atoms with Crippen LogP contribution in [-0.2, 0) is 15.9 Å². The topological polar surface area (TPSA) is 78.0 Å². The summed E-state index contributed by atoms with van der Waals surface area (Å²) in [6, 6.07) is 12.2. The molecule has 1 aromatic heterocycles. The van der Waals surface area contributed by atoms with Gasteiger partial charge < -0.3 is 0 Å². The van der Waals surface area contributed by atoms with E-state index in [0.29, 0.717) is 0 Å². The molecule has 13 heteroatoms. The Hall–Kier alpha value is -3.71. The van der Waals surface area contributed by atoms with E-state index in [1.165, 1.54) is 0 Å². The lowest BCUT2D eigenvalue weighted by atomic mass is 9.96. The van der Waals surface area contributed by atoms with Gasteiger partial charge in [0.2, 0.25) is 10.0 Å². The zero-order valence-electron chi connectivity index (χ0n) is 17.8. The van der Waals surface area contributed by atoms with Gasteiger partial charge in [0.15, 0.2) is 0 Å². The first-order valence-electron chi connectivity index (χ1n) is 9.93. The molecule has 0 unspecified atom stereocenters. The third-order valence-corrected chi connectivity index (χ3v) is 6.13. The fourth-order valence-corrected chi connectivity index (χ4v) is 4.02. The summed E-state index contributed by atoms with van der Waals surface area (Å²) in [7, 11) is -4.15. The molecule has 0 aliphatic heterocycles. The number of nitrogens with two attached hydrogens (primary N) is 1. The SMILES string of the molecule is NS(=O)(=O)c1ccc(-c2c(-c3ccc(F)cc3)c(C(F)(F)C(F)(F)F)nn2-c2ccc(F)cc2)cc1. The van der Waals surface area contributed by atoms with Gasteiger partial charge in [0.1, 0.15) is 17.3 Å². The Labute approximate surface area is 199 Å². The smallest absolute Gasteiger partial charge is 0.232 e. The molecule has 0 atom stereocenters. The second-order valence-electron chi connectivity index (χ2n) is 7.61. The number of halogens is 7. The van der Waals surface area contributed by atoms with E-state index in [1.54, 1.807) is 0 Å². The molecule has 0 radical (unpaired) electrons. The molecule has 0 spiro atoms. The standard InChI is InChI=1S/C23H14F7N3O2S/c24-15-5-1-13(2-6-15)19-20(14-3-11-18(12-4-14)36(31,34)35)33(17-9-7-16(25)8-10-17)32-21(19)22(26,27)23(28,29)30/h1-12H,(H2,31,34,35). The molecule has 0 aliphatic carbocycles. The first-order chi connectivity index (χ1) is 16.7. The summed E-state index contributed by atoms with van der Waals surface area (Å²) < 4.78 is 121. The van der Waals surface area contributed by atoms with E-state index >= 15 is 0 Å². The minimum Gasteiger partial charge on any atom is -0.232 e. The van der Waals surface area contributed by atoms with Crippen LogP contribution in [0.15, 0.2) is 77.7 Å². The Kier molecular flexibility index (Phi) is 6.17. The highest BCUT2D eigenvalue weighted by Crippen LogP contribution is 2.49. The van der Waals surface area contributed by atoms with Gasteiger partial charge in [-0.3, -0.25) is 0 Å². The zero-order chi connectivity index (χ0) is 26.5. The summed E-state index contributed by atoms with van der Waals surface area (Å²) in [5.74, 6) is -6.92. The molecular weight excluding hydrogens is 515 g/mol. The zero-order valence-corrected chi connectivity index (χ0v) is 18.6. The molecule has 1 heterocycles. The van der Waals surface area contributed by atoms with E-state index in [2.05, 4.69) is 5.10 Å². The van der Waals surface area contributed by atoms with E-state index in [0.717, 1.165) is 77.5 Å². The molecular formula is C23H14F7N3O2S. The molecule has 2 N–H and O–H groups in total. The second kappa shape index (κ2) is 8.75. The summed E-state index contributed by atoms with van der Waals surface area (Å²) in [5.41, 5.74) is -3.01. The maximum atomic E-state index is 14.8. The van der Waals surface area contributed by atoms with Crippen molar-refractivity contribution in [3.8, 4) is 28.1 Å². The number of primary sulfonamides is 1. The van der Waals surface area contributed by atoms with Crippen LogP contribution < -0.4 is 5.14 Å². The van der Waals surface area contributed by atoms with Crippen molar-refractivity contribution in [2.24, 2.45) is 5.14 Å². The lowest BCUT2D eigenvalue weighted by molar-refractivity contribution is -0.290. The van der Waals surface area contributed by atoms with Crippen LogP contribution in [-0.4, -0.2) is 24.4 Å². The fourth-order valence-electron chi connectivity index (χ4n) is 3.50. The molecule has 0 amide bonds. The summed E-state index contributed by atoms with van der Waals surface area (Å²) in [6.45, 7) is 0. The quantitative estimate of drug-likeness (QED) is 0.333. The Morgan fingerprint density at radius 1 is 0.722 bits per heavy atom. The van der Waals surface area contributed by atoms with Gasteiger partial charge in [-0.2, -0.15) is 27.1 Å². The number of hydrogen-bond acceptors (Lipinski definition) is 3. The van der Waals surface area contributed by atoms with Gasteiger partial charge in [0, 0.05) is 11.1 Å². The number of nitrogens with zero attached hydrogens (tertiary/aromatic N) is 2. The number of hydrogen-bond donors (Lipinski definition) is 1. The first-order valence-corrected chi connectivity index (χ1v) is 11.5. The van der Waals surface area contributed by atoms with Crippen molar-refractivity contribution in [1.82, 2.24) is 9.78 Å². The van der Waals surface area contributed by atoms with E-state index in [-0.39, 0.29) is 27.4 Å². The van der Waals surface area contributed by atoms with Crippen molar-refractivity contribution in [2.45, 2.75) is 17.0 Å². The summed E-state index contributed by atoms with van der Waals surface area (Å²) >= 11 is 0.